The molecule has 1 spiro atoms. The van der Waals surface area contributed by atoms with Crippen molar-refractivity contribution >= 4 is 6.34 Å². The van der Waals surface area contributed by atoms with Crippen molar-refractivity contribution in [1.29, 1.82) is 0 Å². The molecule has 0 fully saturated rings. The van der Waals surface area contributed by atoms with Gasteiger partial charge in [-0.2, -0.15) is 0 Å². The topological polar surface area (TPSA) is 15.5 Å². The molecule has 0 saturated carbocycles. The van der Waals surface area contributed by atoms with Crippen LogP contribution in [-0.4, -0.2) is 29.5 Å². The third kappa shape index (κ3) is 3.23. The van der Waals surface area contributed by atoms with Crippen LogP contribution < -0.4 is 4.74 Å². The third-order valence-corrected chi connectivity index (χ3v) is 7.00. The number of fused-ring (bicyclic) bond motifs is 5. The van der Waals surface area contributed by atoms with Crippen LogP contribution in [0.4, 0.5) is 0 Å². The quantitative estimate of drug-likeness (QED) is 0.378. The minimum atomic E-state index is -0.199. The summed E-state index contributed by atoms with van der Waals surface area (Å²) in [7, 11) is 1.71. The summed E-state index contributed by atoms with van der Waals surface area (Å²) in [6.45, 7) is 2.64. The molecule has 0 atom stereocenters. The van der Waals surface area contributed by atoms with Crippen LogP contribution in [0.25, 0.3) is 11.1 Å². The van der Waals surface area contributed by atoms with Gasteiger partial charge in [-0.3, -0.25) is 4.58 Å². The average molecular weight is 432 g/mol. The molecule has 3 heteroatoms. The summed E-state index contributed by atoms with van der Waals surface area (Å²) in [6.07, 6.45) is 2.34. The first-order chi connectivity index (χ1) is 16.3. The molecule has 0 saturated heterocycles. The molecule has 0 radical (unpaired) electrons. The third-order valence-electron chi connectivity index (χ3n) is 7.00. The van der Waals surface area contributed by atoms with Gasteiger partial charge in [0.2, 0.25) is 6.34 Å². The van der Waals surface area contributed by atoms with E-state index in [2.05, 4.69) is 107 Å². The summed E-state index contributed by atoms with van der Waals surface area (Å²) in [4.78, 5) is 2.55. The SMILES string of the molecule is COc1ccc(C[N+]2=CN(Cc3ccccc3)C3(C2)c2ccccc2-c2ccccc23)cc1. The first-order valence-corrected chi connectivity index (χ1v) is 11.5. The van der Waals surface area contributed by atoms with Crippen molar-refractivity contribution in [2.45, 2.75) is 18.6 Å². The number of rotatable bonds is 5. The molecule has 0 N–H and O–H groups in total. The molecule has 4 aromatic rings. The maximum Gasteiger partial charge on any atom is 0.236 e. The molecule has 0 unspecified atom stereocenters. The van der Waals surface area contributed by atoms with E-state index in [-0.39, 0.29) is 5.54 Å². The molecule has 0 aromatic heterocycles. The van der Waals surface area contributed by atoms with Gasteiger partial charge in [0.05, 0.1) is 7.11 Å². The molecular weight excluding hydrogens is 404 g/mol. The molecule has 0 bridgehead atoms. The maximum atomic E-state index is 5.35. The van der Waals surface area contributed by atoms with E-state index < -0.39 is 0 Å². The van der Waals surface area contributed by atoms with Crippen molar-refractivity contribution in [3.05, 3.63) is 125 Å². The van der Waals surface area contributed by atoms with Gasteiger partial charge in [0.1, 0.15) is 25.4 Å². The highest BCUT2D eigenvalue weighted by Crippen LogP contribution is 2.52. The Morgan fingerprint density at radius 2 is 1.33 bits per heavy atom. The van der Waals surface area contributed by atoms with Crippen LogP contribution in [-0.2, 0) is 18.6 Å². The summed E-state index contributed by atoms with van der Waals surface area (Å²) in [6, 6.07) is 37.1. The first-order valence-electron chi connectivity index (χ1n) is 11.5. The number of hydrogen-bond acceptors (Lipinski definition) is 2. The van der Waals surface area contributed by atoms with Crippen LogP contribution in [0, 0.1) is 0 Å². The Balaban J connectivity index is 1.45. The highest BCUT2D eigenvalue weighted by Gasteiger charge is 2.56. The van der Waals surface area contributed by atoms with E-state index in [9.17, 15) is 0 Å². The summed E-state index contributed by atoms with van der Waals surface area (Å²) >= 11 is 0. The zero-order chi connectivity index (χ0) is 22.3. The summed E-state index contributed by atoms with van der Waals surface area (Å²) < 4.78 is 7.81. The average Bonchev–Trinajstić information content (AvgIpc) is 3.37. The van der Waals surface area contributed by atoms with E-state index in [4.69, 9.17) is 4.74 Å². The second kappa shape index (κ2) is 7.93. The van der Waals surface area contributed by atoms with Gasteiger partial charge in [0, 0.05) is 11.1 Å². The van der Waals surface area contributed by atoms with Gasteiger partial charge in [-0.05, 0) is 34.4 Å². The zero-order valence-corrected chi connectivity index (χ0v) is 18.8. The lowest BCUT2D eigenvalue weighted by atomic mass is 9.86. The molecular formula is C30H27N2O+. The predicted molar refractivity (Wildman–Crippen MR) is 133 cm³/mol. The fraction of sp³-hybridized carbons (Fsp3) is 0.167. The molecule has 33 heavy (non-hydrogen) atoms. The molecule has 1 aliphatic heterocycles. The largest absolute Gasteiger partial charge is 0.497 e. The Bertz CT molecular complexity index is 1280. The van der Waals surface area contributed by atoms with Gasteiger partial charge >= 0.3 is 0 Å². The molecule has 2 aliphatic rings. The molecule has 6 rings (SSSR count). The summed E-state index contributed by atoms with van der Waals surface area (Å²) in [5.41, 5.74) is 7.91. The van der Waals surface area contributed by atoms with Gasteiger partial charge in [-0.25, -0.2) is 4.90 Å². The molecule has 1 heterocycles. The number of nitrogens with zero attached hydrogens (tertiary/aromatic N) is 2. The standard InChI is InChI=1S/C30H27N2O/c1-33-25-17-15-24(16-18-25)19-31-21-30(32(22-31)20-23-9-3-2-4-10-23)28-13-7-5-11-26(28)27-12-6-8-14-29(27)30/h2-18,22H,19-21H2,1H3/q+1. The van der Waals surface area contributed by atoms with Crippen molar-refractivity contribution in [3.63, 3.8) is 0 Å². The van der Waals surface area contributed by atoms with Crippen LogP contribution in [0.1, 0.15) is 22.3 Å². The maximum absolute atomic E-state index is 5.35. The van der Waals surface area contributed by atoms with Crippen molar-refractivity contribution < 1.29 is 9.31 Å². The van der Waals surface area contributed by atoms with Crippen LogP contribution >= 0.6 is 0 Å². The van der Waals surface area contributed by atoms with E-state index in [0.717, 1.165) is 25.4 Å². The lowest BCUT2D eigenvalue weighted by molar-refractivity contribution is -0.537. The minimum absolute atomic E-state index is 0.199. The minimum Gasteiger partial charge on any atom is -0.497 e. The zero-order valence-electron chi connectivity index (χ0n) is 18.8. The monoisotopic (exact) mass is 431 g/mol. The molecule has 162 valence electrons. The van der Waals surface area contributed by atoms with Crippen molar-refractivity contribution in [2.24, 2.45) is 0 Å². The lowest BCUT2D eigenvalue weighted by Crippen LogP contribution is -2.43. The molecule has 4 aromatic carbocycles. The predicted octanol–water partition coefficient (Wildman–Crippen LogP) is 5.68. The Kier molecular flexibility index (Phi) is 4.76. The van der Waals surface area contributed by atoms with Gasteiger partial charge in [-0.1, -0.05) is 91.0 Å². The highest BCUT2D eigenvalue weighted by molar-refractivity contribution is 5.82. The lowest BCUT2D eigenvalue weighted by Gasteiger charge is -2.30. The Morgan fingerprint density at radius 3 is 1.97 bits per heavy atom. The molecule has 0 amide bonds. The van der Waals surface area contributed by atoms with E-state index in [1.54, 1.807) is 7.11 Å². The van der Waals surface area contributed by atoms with Gasteiger partial charge < -0.3 is 4.74 Å². The summed E-state index contributed by atoms with van der Waals surface area (Å²) in [5, 5.41) is 0. The smallest absolute Gasteiger partial charge is 0.236 e. The Hall–Kier alpha value is -3.85. The number of benzene rings is 4. The van der Waals surface area contributed by atoms with Crippen molar-refractivity contribution in [3.8, 4) is 16.9 Å². The van der Waals surface area contributed by atoms with Crippen molar-refractivity contribution in [1.82, 2.24) is 4.90 Å². The van der Waals surface area contributed by atoms with Crippen LogP contribution in [0.5, 0.6) is 5.75 Å². The molecule has 3 nitrogen and oxygen atoms in total. The van der Waals surface area contributed by atoms with E-state index in [1.807, 2.05) is 12.1 Å². The van der Waals surface area contributed by atoms with Gasteiger partial charge in [-0.15, -0.1) is 0 Å². The second-order valence-corrected chi connectivity index (χ2v) is 8.93. The van der Waals surface area contributed by atoms with Gasteiger partial charge in [0.15, 0.2) is 5.54 Å². The fourth-order valence-electron chi connectivity index (χ4n) is 5.52. The Labute approximate surface area is 195 Å². The number of ether oxygens (including phenoxy) is 1. The van der Waals surface area contributed by atoms with Crippen LogP contribution in [0.15, 0.2) is 103 Å². The van der Waals surface area contributed by atoms with E-state index >= 15 is 0 Å². The van der Waals surface area contributed by atoms with Gasteiger partial charge in [0.25, 0.3) is 0 Å². The van der Waals surface area contributed by atoms with Crippen LogP contribution in [0.2, 0.25) is 0 Å². The van der Waals surface area contributed by atoms with E-state index in [1.165, 1.54) is 33.4 Å². The number of hydrogen-bond donors (Lipinski definition) is 0. The molecule has 1 aliphatic carbocycles. The number of methoxy groups -OCH3 is 1. The highest BCUT2D eigenvalue weighted by atomic mass is 16.5. The van der Waals surface area contributed by atoms with Crippen LogP contribution in [0.3, 0.4) is 0 Å². The second-order valence-electron chi connectivity index (χ2n) is 8.93. The summed E-state index contributed by atoms with van der Waals surface area (Å²) in [5.74, 6) is 0.893. The normalized spacial score (nSPS) is 15.3. The Morgan fingerprint density at radius 1 is 0.727 bits per heavy atom. The van der Waals surface area contributed by atoms with E-state index in [0.29, 0.717) is 0 Å². The van der Waals surface area contributed by atoms with Crippen molar-refractivity contribution in [2.75, 3.05) is 13.7 Å². The fourth-order valence-corrected chi connectivity index (χ4v) is 5.52. The first kappa shape index (κ1) is 19.8.